The summed E-state index contributed by atoms with van der Waals surface area (Å²) in [7, 11) is 0. The van der Waals surface area contributed by atoms with E-state index in [1.807, 2.05) is 81.4 Å². The van der Waals surface area contributed by atoms with Crippen LogP contribution in [-0.2, 0) is 16.1 Å². The van der Waals surface area contributed by atoms with Gasteiger partial charge in [-0.2, -0.15) is 0 Å². The van der Waals surface area contributed by atoms with Crippen molar-refractivity contribution in [3.63, 3.8) is 0 Å². The summed E-state index contributed by atoms with van der Waals surface area (Å²) in [5, 5.41) is 3.66. The van der Waals surface area contributed by atoms with E-state index in [1.54, 1.807) is 4.90 Å². The number of amides is 2. The molecule has 0 fully saturated rings. The summed E-state index contributed by atoms with van der Waals surface area (Å²) in [6.45, 7) is 6.23. The number of halogens is 1. The second-order valence-electron chi connectivity index (χ2n) is 8.93. The van der Waals surface area contributed by atoms with Crippen molar-refractivity contribution in [3.8, 4) is 0 Å². The summed E-state index contributed by atoms with van der Waals surface area (Å²) in [6.07, 6.45) is 1.59. The highest BCUT2D eigenvalue weighted by Crippen LogP contribution is 2.30. The van der Waals surface area contributed by atoms with Crippen molar-refractivity contribution < 1.29 is 9.59 Å². The summed E-state index contributed by atoms with van der Waals surface area (Å²) < 4.78 is 0. The molecule has 5 heteroatoms. The Balaban J connectivity index is 1.96. The Morgan fingerprint density at radius 1 is 0.829 bits per heavy atom. The summed E-state index contributed by atoms with van der Waals surface area (Å²) in [4.78, 5) is 28.9. The van der Waals surface area contributed by atoms with Gasteiger partial charge in [0, 0.05) is 29.9 Å². The molecule has 0 radical (unpaired) electrons. The van der Waals surface area contributed by atoms with E-state index in [0.29, 0.717) is 11.4 Å². The third-order valence-electron chi connectivity index (χ3n) is 6.47. The lowest BCUT2D eigenvalue weighted by Gasteiger charge is -2.33. The first kappa shape index (κ1) is 26.5. The molecule has 0 spiro atoms. The monoisotopic (exact) mass is 490 g/mol. The van der Waals surface area contributed by atoms with Gasteiger partial charge in [-0.15, -0.1) is 0 Å². The van der Waals surface area contributed by atoms with Gasteiger partial charge in [0.2, 0.25) is 11.8 Å². The molecule has 0 aliphatic carbocycles. The first-order valence-electron chi connectivity index (χ1n) is 12.4. The standard InChI is InChI=1S/C30H35ClN2O2/c1-4-22(3)32-30(35)28(5-2)33(21-25-18-12-13-19-27(25)31)29(34)20-26(23-14-8-6-9-15-23)24-16-10-7-11-17-24/h6-19,22,26,28H,4-5,20-21H2,1-3H3,(H,32,35)/t22-,28-/m1/s1. The summed E-state index contributed by atoms with van der Waals surface area (Å²) in [6, 6.07) is 27.1. The quantitative estimate of drug-likeness (QED) is 0.330. The summed E-state index contributed by atoms with van der Waals surface area (Å²) >= 11 is 6.47. The van der Waals surface area contributed by atoms with Crippen molar-refractivity contribution in [2.24, 2.45) is 0 Å². The average Bonchev–Trinajstić information content (AvgIpc) is 2.89. The van der Waals surface area contributed by atoms with E-state index in [1.165, 1.54) is 0 Å². The Hall–Kier alpha value is -3.11. The molecule has 184 valence electrons. The number of carbonyl (C=O) groups is 2. The van der Waals surface area contributed by atoms with E-state index in [2.05, 4.69) is 29.6 Å². The predicted octanol–water partition coefficient (Wildman–Crippen LogP) is 6.58. The smallest absolute Gasteiger partial charge is 0.243 e. The maximum absolute atomic E-state index is 14.0. The van der Waals surface area contributed by atoms with Crippen LogP contribution >= 0.6 is 11.6 Å². The average molecular weight is 491 g/mol. The second-order valence-corrected chi connectivity index (χ2v) is 9.34. The minimum Gasteiger partial charge on any atom is -0.352 e. The number of hydrogen-bond donors (Lipinski definition) is 1. The van der Waals surface area contributed by atoms with Crippen LogP contribution in [-0.4, -0.2) is 28.8 Å². The van der Waals surface area contributed by atoms with Crippen molar-refractivity contribution >= 4 is 23.4 Å². The lowest BCUT2D eigenvalue weighted by Crippen LogP contribution is -2.51. The van der Waals surface area contributed by atoms with Crippen molar-refractivity contribution in [3.05, 3.63) is 107 Å². The third-order valence-corrected chi connectivity index (χ3v) is 6.84. The highest BCUT2D eigenvalue weighted by molar-refractivity contribution is 6.31. The lowest BCUT2D eigenvalue weighted by atomic mass is 9.88. The van der Waals surface area contributed by atoms with Crippen LogP contribution in [0, 0.1) is 0 Å². The number of nitrogens with zero attached hydrogens (tertiary/aromatic N) is 1. The molecular weight excluding hydrogens is 456 g/mol. The van der Waals surface area contributed by atoms with Gasteiger partial charge in [-0.25, -0.2) is 0 Å². The number of hydrogen-bond acceptors (Lipinski definition) is 2. The Kier molecular flexibility index (Phi) is 9.92. The first-order chi connectivity index (χ1) is 16.9. The Labute approximate surface area is 214 Å². The molecule has 0 aliphatic rings. The topological polar surface area (TPSA) is 49.4 Å². The van der Waals surface area contributed by atoms with Gasteiger partial charge in [-0.3, -0.25) is 9.59 Å². The van der Waals surface area contributed by atoms with Crippen LogP contribution in [0.5, 0.6) is 0 Å². The van der Waals surface area contributed by atoms with Gasteiger partial charge in [0.1, 0.15) is 6.04 Å². The van der Waals surface area contributed by atoms with Gasteiger partial charge in [-0.1, -0.05) is 104 Å². The van der Waals surface area contributed by atoms with Crippen molar-refractivity contribution in [2.45, 2.75) is 64.6 Å². The molecular formula is C30H35ClN2O2. The minimum atomic E-state index is -0.583. The van der Waals surface area contributed by atoms with Gasteiger partial charge in [0.05, 0.1) is 0 Å². The molecule has 0 saturated carbocycles. The Morgan fingerprint density at radius 3 is 1.89 bits per heavy atom. The molecule has 2 amide bonds. The lowest BCUT2D eigenvalue weighted by molar-refractivity contribution is -0.141. The highest BCUT2D eigenvalue weighted by Gasteiger charge is 2.31. The van der Waals surface area contributed by atoms with E-state index in [9.17, 15) is 9.59 Å². The van der Waals surface area contributed by atoms with Crippen LogP contribution in [0.15, 0.2) is 84.9 Å². The zero-order valence-electron chi connectivity index (χ0n) is 20.8. The maximum Gasteiger partial charge on any atom is 0.243 e. The van der Waals surface area contributed by atoms with Crippen molar-refractivity contribution in [1.82, 2.24) is 10.2 Å². The minimum absolute atomic E-state index is 0.0372. The molecule has 0 unspecified atom stereocenters. The molecule has 3 rings (SSSR count). The largest absolute Gasteiger partial charge is 0.352 e. The molecule has 1 N–H and O–H groups in total. The fourth-order valence-corrected chi connectivity index (χ4v) is 4.46. The third kappa shape index (κ3) is 7.19. The van der Waals surface area contributed by atoms with E-state index >= 15 is 0 Å². The molecule has 0 heterocycles. The van der Waals surface area contributed by atoms with E-state index < -0.39 is 6.04 Å². The second kappa shape index (κ2) is 13.1. The van der Waals surface area contributed by atoms with Crippen LogP contribution in [0.2, 0.25) is 5.02 Å². The number of rotatable bonds is 11. The van der Waals surface area contributed by atoms with Crippen LogP contribution < -0.4 is 5.32 Å². The molecule has 0 aromatic heterocycles. The van der Waals surface area contributed by atoms with E-state index in [4.69, 9.17) is 11.6 Å². The molecule has 0 saturated heterocycles. The van der Waals surface area contributed by atoms with Gasteiger partial charge in [0.25, 0.3) is 0 Å². The molecule has 35 heavy (non-hydrogen) atoms. The molecule has 2 atom stereocenters. The zero-order chi connectivity index (χ0) is 25.2. The molecule has 0 aliphatic heterocycles. The zero-order valence-corrected chi connectivity index (χ0v) is 21.5. The SMILES string of the molecule is CC[C@@H](C)NC(=O)[C@@H](CC)N(Cc1ccccc1Cl)C(=O)CC(c1ccccc1)c1ccccc1. The van der Waals surface area contributed by atoms with Crippen LogP contribution in [0.1, 0.15) is 62.6 Å². The van der Waals surface area contributed by atoms with Crippen LogP contribution in [0.25, 0.3) is 0 Å². The van der Waals surface area contributed by atoms with Gasteiger partial charge in [-0.05, 0) is 42.5 Å². The summed E-state index contributed by atoms with van der Waals surface area (Å²) in [5.41, 5.74) is 2.97. The van der Waals surface area contributed by atoms with Crippen molar-refractivity contribution in [2.75, 3.05) is 0 Å². The normalized spacial score (nSPS) is 12.7. The fraction of sp³-hybridized carbons (Fsp3) is 0.333. The maximum atomic E-state index is 14.0. The number of carbonyl (C=O) groups excluding carboxylic acids is 2. The Morgan fingerprint density at radius 2 is 1.37 bits per heavy atom. The van der Waals surface area contributed by atoms with Gasteiger partial charge in [0.15, 0.2) is 0 Å². The number of nitrogens with one attached hydrogen (secondary N) is 1. The van der Waals surface area contributed by atoms with Crippen LogP contribution in [0.4, 0.5) is 0 Å². The first-order valence-corrected chi connectivity index (χ1v) is 12.8. The van der Waals surface area contributed by atoms with Gasteiger partial charge >= 0.3 is 0 Å². The van der Waals surface area contributed by atoms with E-state index in [0.717, 1.165) is 23.1 Å². The molecule has 0 bridgehead atoms. The van der Waals surface area contributed by atoms with E-state index in [-0.39, 0.29) is 36.7 Å². The summed E-state index contributed by atoms with van der Waals surface area (Å²) in [5.74, 6) is -0.319. The molecule has 4 nitrogen and oxygen atoms in total. The fourth-order valence-electron chi connectivity index (χ4n) is 4.26. The van der Waals surface area contributed by atoms with Crippen LogP contribution in [0.3, 0.4) is 0 Å². The molecule has 3 aromatic carbocycles. The van der Waals surface area contributed by atoms with Gasteiger partial charge < -0.3 is 10.2 Å². The highest BCUT2D eigenvalue weighted by atomic mass is 35.5. The Bertz CT molecular complexity index is 1050. The molecule has 3 aromatic rings. The predicted molar refractivity (Wildman–Crippen MR) is 143 cm³/mol. The van der Waals surface area contributed by atoms with Crippen molar-refractivity contribution in [1.29, 1.82) is 0 Å². The number of benzene rings is 3.